The first-order valence-corrected chi connectivity index (χ1v) is 11.8. The van der Waals surface area contributed by atoms with Crippen molar-refractivity contribution in [1.29, 1.82) is 0 Å². The minimum atomic E-state index is -4.79. The minimum Gasteiger partial charge on any atom is -0.324 e. The highest BCUT2D eigenvalue weighted by molar-refractivity contribution is 6.34. The zero-order chi connectivity index (χ0) is 29.8. The van der Waals surface area contributed by atoms with Crippen molar-refractivity contribution in [2.75, 3.05) is 5.32 Å². The predicted molar refractivity (Wildman–Crippen MR) is 132 cm³/mol. The van der Waals surface area contributed by atoms with Crippen LogP contribution in [0.15, 0.2) is 40.2 Å². The number of fused-ring (bicyclic) bond motifs is 1. The van der Waals surface area contributed by atoms with Gasteiger partial charge in [-0.15, -0.1) is 0 Å². The van der Waals surface area contributed by atoms with E-state index in [2.05, 4.69) is 25.5 Å². The van der Waals surface area contributed by atoms with Gasteiger partial charge in [-0.3, -0.25) is 13.9 Å². The van der Waals surface area contributed by atoms with Gasteiger partial charge in [-0.2, -0.15) is 28.4 Å². The number of hydrogen-bond donors (Lipinski definition) is 1. The summed E-state index contributed by atoms with van der Waals surface area (Å²) in [6, 6.07) is 2.90. The lowest BCUT2D eigenvalue weighted by Gasteiger charge is -2.16. The molecule has 0 unspecified atom stereocenters. The van der Waals surface area contributed by atoms with E-state index >= 15 is 0 Å². The Labute approximate surface area is 229 Å². The number of aromatic nitrogens is 8. The predicted octanol–water partition coefficient (Wildman–Crippen LogP) is 3.35. The van der Waals surface area contributed by atoms with Gasteiger partial charge in [0.2, 0.25) is 5.95 Å². The first kappa shape index (κ1) is 27.9. The van der Waals surface area contributed by atoms with Crippen LogP contribution >= 0.6 is 11.6 Å². The summed E-state index contributed by atoms with van der Waals surface area (Å²) in [4.78, 5) is 34.1. The third-order valence-corrected chi connectivity index (χ3v) is 6.26. The van der Waals surface area contributed by atoms with Gasteiger partial charge < -0.3 is 5.32 Å². The van der Waals surface area contributed by atoms with Crippen molar-refractivity contribution in [2.45, 2.75) is 19.3 Å². The number of hydrogen-bond acceptors (Lipinski definition) is 7. The Morgan fingerprint density at radius 1 is 0.927 bits per heavy atom. The number of benzene rings is 2. The maximum Gasteiger partial charge on any atom is 0.433 e. The van der Waals surface area contributed by atoms with E-state index in [0.717, 1.165) is 19.2 Å². The van der Waals surface area contributed by atoms with E-state index in [4.69, 9.17) is 11.6 Å². The maximum absolute atomic E-state index is 14.5. The molecular formula is C23H16ClF6N9O2. The van der Waals surface area contributed by atoms with E-state index in [-0.39, 0.29) is 33.5 Å². The van der Waals surface area contributed by atoms with Crippen LogP contribution in [0.25, 0.3) is 10.9 Å². The van der Waals surface area contributed by atoms with E-state index in [1.54, 1.807) is 7.05 Å². The van der Waals surface area contributed by atoms with Crippen molar-refractivity contribution < 1.29 is 26.3 Å². The molecule has 2 aromatic carbocycles. The van der Waals surface area contributed by atoms with E-state index < -0.39 is 65.3 Å². The Balaban J connectivity index is 1.67. The Bertz CT molecular complexity index is 1940. The maximum atomic E-state index is 14.5. The lowest BCUT2D eigenvalue weighted by Crippen LogP contribution is -2.43. The van der Waals surface area contributed by atoms with Gasteiger partial charge >= 0.3 is 17.6 Å². The molecule has 0 bridgehead atoms. The zero-order valence-corrected chi connectivity index (χ0v) is 21.6. The largest absolute Gasteiger partial charge is 0.433 e. The van der Waals surface area contributed by atoms with Gasteiger partial charge in [-0.25, -0.2) is 32.3 Å². The van der Waals surface area contributed by atoms with Gasteiger partial charge in [0.15, 0.2) is 17.5 Å². The van der Waals surface area contributed by atoms with Crippen molar-refractivity contribution in [2.24, 2.45) is 14.1 Å². The Morgan fingerprint density at radius 2 is 1.63 bits per heavy atom. The van der Waals surface area contributed by atoms with Crippen molar-refractivity contribution >= 4 is 34.1 Å². The topological polar surface area (TPSA) is 117 Å². The number of nitrogens with one attached hydrogen (secondary N) is 1. The summed E-state index contributed by atoms with van der Waals surface area (Å²) in [6.07, 6.45) is -3.48. The van der Waals surface area contributed by atoms with E-state index in [1.807, 2.05) is 0 Å². The summed E-state index contributed by atoms with van der Waals surface area (Å²) in [5.74, 6) is -4.63. The second-order valence-electron chi connectivity index (χ2n) is 8.81. The number of aryl methyl sites for hydroxylation is 2. The average Bonchev–Trinajstić information content (AvgIpc) is 3.43. The Kier molecular flexibility index (Phi) is 6.84. The van der Waals surface area contributed by atoms with Crippen LogP contribution in [0.1, 0.15) is 17.1 Å². The highest BCUT2D eigenvalue weighted by Gasteiger charge is 2.37. The highest BCUT2D eigenvalue weighted by Crippen LogP contribution is 2.38. The molecule has 0 atom stereocenters. The van der Waals surface area contributed by atoms with Crippen LogP contribution in [0.3, 0.4) is 0 Å². The highest BCUT2D eigenvalue weighted by atomic mass is 35.5. The number of nitrogens with zero attached hydrogens (tertiary/aromatic N) is 8. The van der Waals surface area contributed by atoms with Crippen molar-refractivity contribution in [3.63, 3.8) is 0 Å². The SMILES string of the molecule is Cn1cnc(Cn2c(=O)nc(Nc3cc4c(C(F)(F)F)n(C)nc4cc3Cl)n(Cc3cc(F)c(F)cc3F)c2=O)n1. The van der Waals surface area contributed by atoms with Gasteiger partial charge in [-0.05, 0) is 18.2 Å². The quantitative estimate of drug-likeness (QED) is 0.235. The second-order valence-corrected chi connectivity index (χ2v) is 9.22. The van der Waals surface area contributed by atoms with Crippen molar-refractivity contribution in [3.8, 4) is 0 Å². The Morgan fingerprint density at radius 3 is 2.29 bits per heavy atom. The molecule has 1 N–H and O–H groups in total. The van der Waals surface area contributed by atoms with Gasteiger partial charge in [0, 0.05) is 31.1 Å². The molecule has 3 heterocycles. The first-order valence-electron chi connectivity index (χ1n) is 11.4. The van der Waals surface area contributed by atoms with Crippen LogP contribution in [-0.4, -0.2) is 38.7 Å². The first-order chi connectivity index (χ1) is 19.2. The monoisotopic (exact) mass is 599 g/mol. The molecule has 214 valence electrons. The van der Waals surface area contributed by atoms with Gasteiger partial charge in [0.05, 0.1) is 29.3 Å². The normalized spacial score (nSPS) is 11.9. The summed E-state index contributed by atoms with van der Waals surface area (Å²) in [6.45, 7) is -1.23. The molecule has 5 rings (SSSR count). The lowest BCUT2D eigenvalue weighted by atomic mass is 10.1. The number of halogens is 7. The Hall–Kier alpha value is -4.67. The molecule has 0 aliphatic heterocycles. The molecular weight excluding hydrogens is 584 g/mol. The average molecular weight is 600 g/mol. The fraction of sp³-hybridized carbons (Fsp3) is 0.217. The number of anilines is 2. The molecule has 0 fully saturated rings. The molecule has 0 spiro atoms. The van der Waals surface area contributed by atoms with Crippen molar-refractivity contribution in [1.82, 2.24) is 38.7 Å². The van der Waals surface area contributed by atoms with Crippen LogP contribution in [-0.2, 0) is 33.4 Å². The fourth-order valence-electron chi connectivity index (χ4n) is 4.13. The summed E-state index contributed by atoms with van der Waals surface area (Å²) in [5, 5.41) is 9.81. The van der Waals surface area contributed by atoms with Crippen LogP contribution < -0.4 is 16.7 Å². The molecule has 0 aliphatic rings. The third-order valence-electron chi connectivity index (χ3n) is 5.95. The van der Waals surface area contributed by atoms with E-state index in [0.29, 0.717) is 19.9 Å². The van der Waals surface area contributed by atoms with Crippen LogP contribution in [0.5, 0.6) is 0 Å². The summed E-state index contributed by atoms with van der Waals surface area (Å²) >= 11 is 6.26. The molecule has 0 aliphatic carbocycles. The van der Waals surface area contributed by atoms with Gasteiger partial charge in [0.1, 0.15) is 17.8 Å². The summed E-state index contributed by atoms with van der Waals surface area (Å²) < 4.78 is 86.3. The van der Waals surface area contributed by atoms with Crippen LogP contribution in [0, 0.1) is 17.5 Å². The smallest absolute Gasteiger partial charge is 0.324 e. The summed E-state index contributed by atoms with van der Waals surface area (Å²) in [5.41, 5.74) is -4.12. The molecule has 41 heavy (non-hydrogen) atoms. The molecule has 0 saturated heterocycles. The lowest BCUT2D eigenvalue weighted by molar-refractivity contribution is -0.142. The van der Waals surface area contributed by atoms with Crippen LogP contribution in [0.2, 0.25) is 5.02 Å². The zero-order valence-electron chi connectivity index (χ0n) is 20.8. The van der Waals surface area contributed by atoms with Crippen molar-refractivity contribution in [3.05, 3.63) is 91.1 Å². The fourth-order valence-corrected chi connectivity index (χ4v) is 4.33. The minimum absolute atomic E-state index is 0.0459. The molecule has 18 heteroatoms. The molecule has 0 saturated carbocycles. The molecule has 0 radical (unpaired) electrons. The molecule has 11 nitrogen and oxygen atoms in total. The summed E-state index contributed by atoms with van der Waals surface area (Å²) in [7, 11) is 2.64. The molecule has 0 amide bonds. The third kappa shape index (κ3) is 5.27. The second kappa shape index (κ2) is 10.1. The standard InChI is InChI=1S/C23H16ClF6N9O2/c1-36-9-31-18(35-36)8-39-21(40)33-20(38(22(39)41)7-10-3-14(26)15(27)6-13(10)25)32-17-4-11-16(5-12(17)24)34-37(2)19(11)23(28,29)30/h3-6,9H,7-8H2,1-2H3,(H,32,33,40). The van der Waals surface area contributed by atoms with Gasteiger partial charge in [0.25, 0.3) is 0 Å². The van der Waals surface area contributed by atoms with E-state index in [9.17, 15) is 35.9 Å². The molecule has 5 aromatic rings. The van der Waals surface area contributed by atoms with E-state index in [1.165, 1.54) is 11.0 Å². The van der Waals surface area contributed by atoms with Gasteiger partial charge in [-0.1, -0.05) is 11.6 Å². The number of alkyl halides is 3. The number of rotatable bonds is 6. The molecule has 3 aromatic heterocycles. The van der Waals surface area contributed by atoms with Crippen LogP contribution in [0.4, 0.5) is 38.0 Å².